The van der Waals surface area contributed by atoms with Crippen LogP contribution in [0.15, 0.2) is 27.4 Å². The van der Waals surface area contributed by atoms with E-state index >= 15 is 0 Å². The molecular formula is C11H12N4OS2. The number of anilines is 1. The Morgan fingerprint density at radius 3 is 2.83 bits per heavy atom. The van der Waals surface area contributed by atoms with E-state index in [1.165, 1.54) is 23.1 Å². The number of hydrogen-bond acceptors (Lipinski definition) is 6. The quantitative estimate of drug-likeness (QED) is 0.840. The van der Waals surface area contributed by atoms with Gasteiger partial charge in [0.25, 0.3) is 5.91 Å². The van der Waals surface area contributed by atoms with Crippen LogP contribution in [0.25, 0.3) is 0 Å². The Hall–Kier alpha value is -1.60. The van der Waals surface area contributed by atoms with E-state index in [1.807, 2.05) is 6.92 Å². The van der Waals surface area contributed by atoms with Gasteiger partial charge in [-0.05, 0) is 25.1 Å². The van der Waals surface area contributed by atoms with Gasteiger partial charge >= 0.3 is 0 Å². The van der Waals surface area contributed by atoms with E-state index in [9.17, 15) is 4.79 Å². The van der Waals surface area contributed by atoms with Gasteiger partial charge in [-0.3, -0.25) is 4.79 Å². The van der Waals surface area contributed by atoms with Gasteiger partial charge in [0.1, 0.15) is 5.01 Å². The highest BCUT2D eigenvalue weighted by molar-refractivity contribution is 8.01. The van der Waals surface area contributed by atoms with Crippen molar-refractivity contribution in [3.05, 3.63) is 28.8 Å². The SMILES string of the molecule is CNC(=O)c1ccc(N)cc1Sc1nnc(C)s1. The zero-order valence-electron chi connectivity index (χ0n) is 9.93. The summed E-state index contributed by atoms with van der Waals surface area (Å²) in [6.45, 7) is 1.89. The number of nitrogens with two attached hydrogens (primary N) is 1. The van der Waals surface area contributed by atoms with Crippen molar-refractivity contribution in [1.29, 1.82) is 0 Å². The molecule has 0 aliphatic rings. The van der Waals surface area contributed by atoms with Crippen molar-refractivity contribution in [2.24, 2.45) is 0 Å². The second kappa shape index (κ2) is 5.36. The van der Waals surface area contributed by atoms with E-state index in [0.29, 0.717) is 11.3 Å². The summed E-state index contributed by atoms with van der Waals surface area (Å²) in [6.07, 6.45) is 0. The van der Waals surface area contributed by atoms with Crippen LogP contribution in [0.4, 0.5) is 5.69 Å². The van der Waals surface area contributed by atoms with Gasteiger partial charge in [0.05, 0.1) is 5.56 Å². The molecule has 0 saturated carbocycles. The number of amides is 1. The third-order valence-corrected chi connectivity index (χ3v) is 4.13. The smallest absolute Gasteiger partial charge is 0.252 e. The van der Waals surface area contributed by atoms with Crippen LogP contribution in [0.5, 0.6) is 0 Å². The second-order valence-electron chi connectivity index (χ2n) is 3.52. The summed E-state index contributed by atoms with van der Waals surface area (Å²) in [4.78, 5) is 12.5. The maximum absolute atomic E-state index is 11.7. The monoisotopic (exact) mass is 280 g/mol. The van der Waals surface area contributed by atoms with Crippen molar-refractivity contribution in [3.8, 4) is 0 Å². The van der Waals surface area contributed by atoms with Gasteiger partial charge in [0.15, 0.2) is 4.34 Å². The molecule has 0 atom stereocenters. The Bertz CT molecular complexity index is 582. The van der Waals surface area contributed by atoms with Gasteiger partial charge in [0.2, 0.25) is 0 Å². The van der Waals surface area contributed by atoms with Crippen molar-refractivity contribution in [1.82, 2.24) is 15.5 Å². The van der Waals surface area contributed by atoms with Crippen LogP contribution in [0.1, 0.15) is 15.4 Å². The highest BCUT2D eigenvalue weighted by Crippen LogP contribution is 2.33. The van der Waals surface area contributed by atoms with Crippen molar-refractivity contribution in [2.75, 3.05) is 12.8 Å². The largest absolute Gasteiger partial charge is 0.399 e. The summed E-state index contributed by atoms with van der Waals surface area (Å²) in [6, 6.07) is 5.19. The molecule has 1 aromatic carbocycles. The van der Waals surface area contributed by atoms with Crippen LogP contribution in [0.3, 0.4) is 0 Å². The number of carbonyl (C=O) groups excluding carboxylic acids is 1. The van der Waals surface area contributed by atoms with E-state index < -0.39 is 0 Å². The van der Waals surface area contributed by atoms with Crippen LogP contribution in [-0.2, 0) is 0 Å². The fourth-order valence-electron chi connectivity index (χ4n) is 1.36. The van der Waals surface area contributed by atoms with Gasteiger partial charge in [-0.2, -0.15) is 0 Å². The summed E-state index contributed by atoms with van der Waals surface area (Å²) in [5.74, 6) is -0.140. The normalized spacial score (nSPS) is 10.3. The summed E-state index contributed by atoms with van der Waals surface area (Å²) in [5, 5.41) is 11.5. The molecule has 1 aromatic heterocycles. The van der Waals surface area contributed by atoms with Gasteiger partial charge in [-0.15, -0.1) is 10.2 Å². The van der Waals surface area contributed by atoms with E-state index in [2.05, 4.69) is 15.5 Å². The molecule has 3 N–H and O–H groups in total. The molecule has 2 aromatic rings. The van der Waals surface area contributed by atoms with Gasteiger partial charge in [-0.25, -0.2) is 0 Å². The van der Waals surface area contributed by atoms with Crippen LogP contribution in [0.2, 0.25) is 0 Å². The lowest BCUT2D eigenvalue weighted by Crippen LogP contribution is -2.18. The van der Waals surface area contributed by atoms with Gasteiger partial charge in [0, 0.05) is 17.6 Å². The first-order chi connectivity index (χ1) is 8.60. The molecule has 94 valence electrons. The minimum absolute atomic E-state index is 0.140. The Balaban J connectivity index is 2.36. The minimum atomic E-state index is -0.140. The Morgan fingerprint density at radius 2 is 2.22 bits per heavy atom. The molecule has 0 unspecified atom stereocenters. The number of benzene rings is 1. The molecule has 0 aliphatic heterocycles. The number of aryl methyl sites for hydroxylation is 1. The van der Waals surface area contributed by atoms with Crippen molar-refractivity contribution >= 4 is 34.7 Å². The third kappa shape index (κ3) is 2.80. The summed E-state index contributed by atoms with van der Waals surface area (Å²) in [7, 11) is 1.60. The van der Waals surface area contributed by atoms with Crippen molar-refractivity contribution < 1.29 is 4.79 Å². The Labute approximate surface area is 113 Å². The number of nitrogen functional groups attached to an aromatic ring is 1. The number of nitrogens with zero attached hydrogens (tertiary/aromatic N) is 2. The number of rotatable bonds is 3. The fraction of sp³-hybridized carbons (Fsp3) is 0.182. The molecule has 0 radical (unpaired) electrons. The number of aromatic nitrogens is 2. The molecule has 1 amide bonds. The summed E-state index contributed by atoms with van der Waals surface area (Å²) >= 11 is 2.88. The van der Waals surface area contributed by atoms with E-state index in [4.69, 9.17) is 5.73 Å². The topological polar surface area (TPSA) is 80.9 Å². The summed E-state index contributed by atoms with van der Waals surface area (Å²) in [5.41, 5.74) is 6.95. The molecule has 0 aliphatic carbocycles. The van der Waals surface area contributed by atoms with Crippen LogP contribution in [0, 0.1) is 6.92 Å². The lowest BCUT2D eigenvalue weighted by Gasteiger charge is -2.07. The first-order valence-electron chi connectivity index (χ1n) is 5.19. The number of carbonyl (C=O) groups is 1. The Kier molecular flexibility index (Phi) is 3.83. The molecular weight excluding hydrogens is 268 g/mol. The molecule has 0 saturated heterocycles. The van der Waals surface area contributed by atoms with Gasteiger partial charge in [-0.1, -0.05) is 23.1 Å². The molecule has 7 heteroatoms. The average Bonchev–Trinajstić information content (AvgIpc) is 2.74. The van der Waals surface area contributed by atoms with Crippen LogP contribution >= 0.6 is 23.1 Å². The maximum Gasteiger partial charge on any atom is 0.252 e. The predicted octanol–water partition coefficient (Wildman–Crippen LogP) is 1.94. The molecule has 0 fully saturated rings. The second-order valence-corrected chi connectivity index (χ2v) is 5.99. The fourth-order valence-corrected chi connectivity index (χ4v) is 3.31. The molecule has 0 bridgehead atoms. The highest BCUT2D eigenvalue weighted by atomic mass is 32.2. The number of hydrogen-bond donors (Lipinski definition) is 2. The predicted molar refractivity (Wildman–Crippen MR) is 73.0 cm³/mol. The van der Waals surface area contributed by atoms with Crippen molar-refractivity contribution in [3.63, 3.8) is 0 Å². The molecule has 1 heterocycles. The minimum Gasteiger partial charge on any atom is -0.399 e. The Morgan fingerprint density at radius 1 is 1.44 bits per heavy atom. The molecule has 18 heavy (non-hydrogen) atoms. The zero-order chi connectivity index (χ0) is 13.1. The van der Waals surface area contributed by atoms with Gasteiger partial charge < -0.3 is 11.1 Å². The molecule has 2 rings (SSSR count). The van der Waals surface area contributed by atoms with Crippen LogP contribution < -0.4 is 11.1 Å². The molecule has 5 nitrogen and oxygen atoms in total. The zero-order valence-corrected chi connectivity index (χ0v) is 11.6. The lowest BCUT2D eigenvalue weighted by molar-refractivity contribution is 0.0960. The first-order valence-corrected chi connectivity index (χ1v) is 6.83. The molecule has 0 spiro atoms. The first kappa shape index (κ1) is 12.8. The van der Waals surface area contributed by atoms with Crippen LogP contribution in [-0.4, -0.2) is 23.2 Å². The number of nitrogens with one attached hydrogen (secondary N) is 1. The van der Waals surface area contributed by atoms with E-state index in [0.717, 1.165) is 14.2 Å². The standard InChI is InChI=1S/C11H12N4OS2/c1-6-14-15-11(17-6)18-9-5-7(12)3-4-8(9)10(16)13-2/h3-5H,12H2,1-2H3,(H,13,16). The lowest BCUT2D eigenvalue weighted by atomic mass is 10.2. The van der Waals surface area contributed by atoms with Crippen molar-refractivity contribution in [2.45, 2.75) is 16.2 Å². The van der Waals surface area contributed by atoms with E-state index in [-0.39, 0.29) is 5.91 Å². The highest BCUT2D eigenvalue weighted by Gasteiger charge is 2.13. The summed E-state index contributed by atoms with van der Waals surface area (Å²) < 4.78 is 0.795. The maximum atomic E-state index is 11.7. The third-order valence-electron chi connectivity index (χ3n) is 2.18. The average molecular weight is 280 g/mol. The van der Waals surface area contributed by atoms with E-state index in [1.54, 1.807) is 25.2 Å².